The number of urea groups is 1. The van der Waals surface area contributed by atoms with Gasteiger partial charge in [-0.15, -0.1) is 0 Å². The Bertz CT molecular complexity index is 983. The van der Waals surface area contributed by atoms with Gasteiger partial charge in [0.1, 0.15) is 0 Å². The Labute approximate surface area is 147 Å². The Morgan fingerprint density at radius 2 is 1.21 bits per heavy atom. The largest absolute Gasteiger partial charge is 0.352 e. The number of nitrogens with one attached hydrogen (secondary N) is 2. The number of amides is 2. The normalized spacial score (nSPS) is 11.1. The number of carbonyl (C=O) groups is 1. The monoisotopic (exact) mass is 358 g/mol. The van der Waals surface area contributed by atoms with Gasteiger partial charge in [-0.2, -0.15) is 0 Å². The van der Waals surface area contributed by atoms with Crippen LogP contribution in [-0.4, -0.2) is 15.4 Å². The van der Waals surface area contributed by atoms with Crippen LogP contribution in [0.15, 0.2) is 60.9 Å². The second-order valence-electron chi connectivity index (χ2n) is 5.33. The van der Waals surface area contributed by atoms with Gasteiger partial charge in [0.15, 0.2) is 0 Å². The topological polar surface area (TPSA) is 51.0 Å². The molecule has 4 rings (SSSR count). The summed E-state index contributed by atoms with van der Waals surface area (Å²) in [7, 11) is 0. The first-order valence-electron chi connectivity index (χ1n) is 7.21. The molecule has 0 aliphatic carbocycles. The molecule has 2 amide bonds. The minimum atomic E-state index is -0.366. The van der Waals surface area contributed by atoms with E-state index >= 15 is 0 Å². The molecular formula is C17H12Cl2N4O. The fourth-order valence-corrected chi connectivity index (χ4v) is 3.03. The lowest BCUT2D eigenvalue weighted by molar-refractivity contribution is 0.257. The zero-order chi connectivity index (χ0) is 16.7. The van der Waals surface area contributed by atoms with Crippen molar-refractivity contribution in [3.63, 3.8) is 0 Å². The maximum atomic E-state index is 12.3. The summed E-state index contributed by atoms with van der Waals surface area (Å²) in [6, 6.07) is 14.4. The van der Waals surface area contributed by atoms with Crippen LogP contribution in [0.3, 0.4) is 0 Å². The van der Waals surface area contributed by atoms with Crippen molar-refractivity contribution in [3.05, 3.63) is 71.0 Å². The highest BCUT2D eigenvalue weighted by molar-refractivity contribution is 6.31. The molecule has 2 N–H and O–H groups in total. The Morgan fingerprint density at radius 3 is 1.67 bits per heavy atom. The molecule has 2 heterocycles. The van der Waals surface area contributed by atoms with E-state index in [4.69, 9.17) is 23.2 Å². The minimum absolute atomic E-state index is 0.366. The summed E-state index contributed by atoms with van der Waals surface area (Å²) in [5.74, 6) is 0. The molecule has 0 radical (unpaired) electrons. The molecule has 0 aliphatic heterocycles. The average molecular weight is 359 g/mol. The number of hydrogen-bond acceptors (Lipinski definition) is 1. The van der Waals surface area contributed by atoms with E-state index in [-0.39, 0.29) is 6.03 Å². The summed E-state index contributed by atoms with van der Waals surface area (Å²) in [6.45, 7) is 0. The molecule has 5 nitrogen and oxygen atoms in total. The number of rotatable bonds is 2. The van der Waals surface area contributed by atoms with Crippen LogP contribution < -0.4 is 10.9 Å². The highest BCUT2D eigenvalue weighted by atomic mass is 35.5. The van der Waals surface area contributed by atoms with E-state index in [1.807, 2.05) is 36.4 Å². The second-order valence-corrected chi connectivity index (χ2v) is 6.20. The molecule has 0 fully saturated rings. The second kappa shape index (κ2) is 5.78. The van der Waals surface area contributed by atoms with Crippen molar-refractivity contribution in [2.75, 3.05) is 10.9 Å². The molecule has 0 saturated heterocycles. The molecule has 120 valence electrons. The first kappa shape index (κ1) is 14.9. The summed E-state index contributed by atoms with van der Waals surface area (Å²) in [5.41, 5.74) is 7.27. The summed E-state index contributed by atoms with van der Waals surface area (Å²) in [6.07, 6.45) is 3.54. The van der Waals surface area contributed by atoms with Crippen molar-refractivity contribution in [2.45, 2.75) is 0 Å². The van der Waals surface area contributed by atoms with Gasteiger partial charge >= 0.3 is 6.03 Å². The minimum Gasteiger partial charge on any atom is -0.259 e. The van der Waals surface area contributed by atoms with Crippen molar-refractivity contribution in [1.82, 2.24) is 9.35 Å². The lowest BCUT2D eigenvalue weighted by Gasteiger charge is -2.11. The molecule has 0 aliphatic rings. The lowest BCUT2D eigenvalue weighted by Crippen LogP contribution is -2.32. The summed E-state index contributed by atoms with van der Waals surface area (Å²) in [5, 5.41) is 3.21. The molecule has 2 aromatic carbocycles. The molecule has 0 saturated carbocycles. The maximum Gasteiger partial charge on any atom is 0.352 e. The van der Waals surface area contributed by atoms with Crippen LogP contribution in [0.1, 0.15) is 0 Å². The van der Waals surface area contributed by atoms with E-state index < -0.39 is 0 Å². The van der Waals surface area contributed by atoms with Gasteiger partial charge in [-0.25, -0.2) is 15.6 Å². The van der Waals surface area contributed by atoms with Gasteiger partial charge in [0.2, 0.25) is 0 Å². The Kier molecular flexibility index (Phi) is 3.59. The van der Waals surface area contributed by atoms with Gasteiger partial charge in [-0.05, 0) is 48.5 Å². The van der Waals surface area contributed by atoms with E-state index in [0.29, 0.717) is 10.0 Å². The van der Waals surface area contributed by atoms with Crippen molar-refractivity contribution >= 4 is 51.0 Å². The number of carbonyl (C=O) groups excluding carboxylic acids is 1. The van der Waals surface area contributed by atoms with Crippen LogP contribution in [0.2, 0.25) is 10.0 Å². The van der Waals surface area contributed by atoms with Gasteiger partial charge in [0, 0.05) is 33.2 Å². The first-order chi connectivity index (χ1) is 11.6. The zero-order valence-corrected chi connectivity index (χ0v) is 13.8. The fraction of sp³-hybridized carbons (Fsp3) is 0. The van der Waals surface area contributed by atoms with E-state index in [1.165, 1.54) is 0 Å². The third-order valence-electron chi connectivity index (χ3n) is 3.75. The van der Waals surface area contributed by atoms with E-state index in [2.05, 4.69) is 10.9 Å². The molecule has 0 bridgehead atoms. The molecule has 0 atom stereocenters. The van der Waals surface area contributed by atoms with Gasteiger partial charge < -0.3 is 0 Å². The fourth-order valence-electron chi connectivity index (χ4n) is 2.67. The molecule has 0 spiro atoms. The average Bonchev–Trinajstić information content (AvgIpc) is 3.11. The number of aromatic nitrogens is 2. The Hall–Kier alpha value is -2.63. The van der Waals surface area contributed by atoms with Crippen LogP contribution in [0.5, 0.6) is 0 Å². The standard InChI is InChI=1S/C17H12Cl2N4O/c18-13-1-3-15-11(9-13)5-7-22(15)20-17(24)21-23-8-6-12-10-14(19)2-4-16(12)23/h1-10H,(H2,20,21,24). The van der Waals surface area contributed by atoms with Gasteiger partial charge in [-0.1, -0.05) is 23.2 Å². The smallest absolute Gasteiger partial charge is 0.259 e. The maximum absolute atomic E-state index is 12.3. The molecule has 2 aromatic heterocycles. The molecule has 7 heteroatoms. The van der Waals surface area contributed by atoms with Crippen molar-refractivity contribution in [1.29, 1.82) is 0 Å². The quantitative estimate of drug-likeness (QED) is 0.530. The van der Waals surface area contributed by atoms with E-state index in [1.54, 1.807) is 33.9 Å². The van der Waals surface area contributed by atoms with Crippen molar-refractivity contribution in [2.24, 2.45) is 0 Å². The van der Waals surface area contributed by atoms with Crippen LogP contribution >= 0.6 is 23.2 Å². The SMILES string of the molecule is O=C(Nn1ccc2cc(Cl)ccc21)Nn1ccc2cc(Cl)ccc21. The van der Waals surface area contributed by atoms with Crippen LogP contribution in [0.4, 0.5) is 4.79 Å². The van der Waals surface area contributed by atoms with E-state index in [0.717, 1.165) is 21.8 Å². The summed E-state index contributed by atoms with van der Waals surface area (Å²) in [4.78, 5) is 12.3. The summed E-state index contributed by atoms with van der Waals surface area (Å²) >= 11 is 11.9. The number of nitrogens with zero attached hydrogens (tertiary/aromatic N) is 2. The molecular weight excluding hydrogens is 347 g/mol. The predicted molar refractivity (Wildman–Crippen MR) is 98.0 cm³/mol. The van der Waals surface area contributed by atoms with Gasteiger partial charge in [0.05, 0.1) is 11.0 Å². The number of fused-ring (bicyclic) bond motifs is 2. The van der Waals surface area contributed by atoms with Crippen molar-refractivity contribution < 1.29 is 4.79 Å². The lowest BCUT2D eigenvalue weighted by atomic mass is 10.2. The van der Waals surface area contributed by atoms with Gasteiger partial charge in [-0.3, -0.25) is 9.35 Å². The zero-order valence-electron chi connectivity index (χ0n) is 12.3. The number of hydrogen-bond donors (Lipinski definition) is 2. The molecule has 24 heavy (non-hydrogen) atoms. The third-order valence-corrected chi connectivity index (χ3v) is 4.22. The van der Waals surface area contributed by atoms with Crippen molar-refractivity contribution in [3.8, 4) is 0 Å². The summed E-state index contributed by atoms with van der Waals surface area (Å²) < 4.78 is 3.28. The number of benzene rings is 2. The van der Waals surface area contributed by atoms with Crippen LogP contribution in [0.25, 0.3) is 21.8 Å². The highest BCUT2D eigenvalue weighted by Gasteiger charge is 2.08. The predicted octanol–water partition coefficient (Wildman–Crippen LogP) is 4.81. The van der Waals surface area contributed by atoms with Crippen LogP contribution in [0, 0.1) is 0 Å². The molecule has 4 aromatic rings. The first-order valence-corrected chi connectivity index (χ1v) is 7.97. The number of halogens is 2. The van der Waals surface area contributed by atoms with E-state index in [9.17, 15) is 4.79 Å². The van der Waals surface area contributed by atoms with Crippen LogP contribution in [-0.2, 0) is 0 Å². The highest BCUT2D eigenvalue weighted by Crippen LogP contribution is 2.21. The molecule has 0 unspecified atom stereocenters. The Balaban J connectivity index is 1.57. The third kappa shape index (κ3) is 2.68. The van der Waals surface area contributed by atoms with Gasteiger partial charge in [0.25, 0.3) is 0 Å². The Morgan fingerprint density at radius 1 is 0.750 bits per heavy atom.